The number of ether oxygens (including phenoxy) is 1. The minimum atomic E-state index is -4.40. The second-order valence-corrected chi connectivity index (χ2v) is 4.94. The van der Waals surface area contributed by atoms with E-state index in [2.05, 4.69) is 5.32 Å². The molecule has 2 aromatic rings. The summed E-state index contributed by atoms with van der Waals surface area (Å²) in [6.45, 7) is 1.31. The van der Waals surface area contributed by atoms with Crippen molar-refractivity contribution < 1.29 is 17.9 Å². The van der Waals surface area contributed by atoms with E-state index < -0.39 is 11.7 Å². The molecular weight excluding hydrogens is 291 g/mol. The van der Waals surface area contributed by atoms with Crippen molar-refractivity contribution in [2.45, 2.75) is 19.1 Å². The van der Waals surface area contributed by atoms with E-state index in [9.17, 15) is 13.2 Å². The molecule has 0 saturated heterocycles. The molecule has 0 unspecified atom stereocenters. The van der Waals surface area contributed by atoms with Crippen LogP contribution in [0.3, 0.4) is 0 Å². The highest BCUT2D eigenvalue weighted by Crippen LogP contribution is 2.36. The maximum Gasteiger partial charge on any atom is 0.419 e. The normalized spacial score (nSPS) is 11.5. The Labute approximate surface area is 127 Å². The van der Waals surface area contributed by atoms with Crippen LogP contribution in [0.2, 0.25) is 0 Å². The lowest BCUT2D eigenvalue weighted by atomic mass is 10.1. The minimum Gasteiger partial charge on any atom is -0.496 e. The number of benzene rings is 2. The van der Waals surface area contributed by atoms with Crippen molar-refractivity contribution in [3.05, 3.63) is 65.2 Å². The van der Waals surface area contributed by atoms with E-state index >= 15 is 0 Å². The van der Waals surface area contributed by atoms with Gasteiger partial charge in [0.15, 0.2) is 0 Å². The molecule has 2 nitrogen and oxygen atoms in total. The van der Waals surface area contributed by atoms with E-state index in [0.717, 1.165) is 11.6 Å². The SMILES string of the molecule is COc1ccc(CCNCc2ccccc2)cc1C(F)(F)F. The van der Waals surface area contributed by atoms with Gasteiger partial charge in [0, 0.05) is 6.54 Å². The first kappa shape index (κ1) is 16.4. The summed E-state index contributed by atoms with van der Waals surface area (Å²) in [7, 11) is 1.24. The van der Waals surface area contributed by atoms with Crippen LogP contribution in [-0.4, -0.2) is 13.7 Å². The summed E-state index contributed by atoms with van der Waals surface area (Å²) in [6.07, 6.45) is -3.88. The second kappa shape index (κ2) is 7.31. The third kappa shape index (κ3) is 4.49. The van der Waals surface area contributed by atoms with Gasteiger partial charge in [-0.1, -0.05) is 36.4 Å². The van der Waals surface area contributed by atoms with Crippen molar-refractivity contribution in [1.82, 2.24) is 5.32 Å². The van der Waals surface area contributed by atoms with Gasteiger partial charge in [0.2, 0.25) is 0 Å². The predicted octanol–water partition coefficient (Wildman–Crippen LogP) is 4.05. The topological polar surface area (TPSA) is 21.3 Å². The van der Waals surface area contributed by atoms with Crippen molar-refractivity contribution in [2.75, 3.05) is 13.7 Å². The van der Waals surface area contributed by atoms with Gasteiger partial charge in [0.25, 0.3) is 0 Å². The Morgan fingerprint density at radius 3 is 2.36 bits per heavy atom. The summed E-state index contributed by atoms with van der Waals surface area (Å²) in [4.78, 5) is 0. The van der Waals surface area contributed by atoms with Gasteiger partial charge in [0.1, 0.15) is 5.75 Å². The quantitative estimate of drug-likeness (QED) is 0.813. The summed E-state index contributed by atoms with van der Waals surface area (Å²) in [5.41, 5.74) is 1.05. The highest BCUT2D eigenvalue weighted by atomic mass is 19.4. The molecule has 0 radical (unpaired) electrons. The van der Waals surface area contributed by atoms with Crippen LogP contribution >= 0.6 is 0 Å². The Morgan fingerprint density at radius 1 is 1.00 bits per heavy atom. The molecule has 0 heterocycles. The molecule has 22 heavy (non-hydrogen) atoms. The first-order valence-electron chi connectivity index (χ1n) is 6.99. The Bertz CT molecular complexity index is 597. The summed E-state index contributed by atoms with van der Waals surface area (Å²) in [6, 6.07) is 14.0. The first-order chi connectivity index (χ1) is 10.5. The van der Waals surface area contributed by atoms with Gasteiger partial charge in [-0.2, -0.15) is 13.2 Å². The van der Waals surface area contributed by atoms with E-state index in [1.165, 1.54) is 13.2 Å². The molecule has 0 aliphatic carbocycles. The zero-order chi connectivity index (χ0) is 16.0. The third-order valence-electron chi connectivity index (χ3n) is 3.33. The number of hydrogen-bond acceptors (Lipinski definition) is 2. The summed E-state index contributed by atoms with van der Waals surface area (Å²) >= 11 is 0. The molecular formula is C17H18F3NO. The maximum atomic E-state index is 12.9. The molecule has 118 valence electrons. The van der Waals surface area contributed by atoms with Crippen molar-refractivity contribution >= 4 is 0 Å². The van der Waals surface area contributed by atoms with Crippen LogP contribution in [0, 0.1) is 0 Å². The Balaban J connectivity index is 1.93. The standard InChI is InChI=1S/C17H18F3NO/c1-22-16-8-7-13(11-15(16)17(18,19)20)9-10-21-12-14-5-3-2-4-6-14/h2-8,11,21H,9-10,12H2,1H3. The third-order valence-corrected chi connectivity index (χ3v) is 3.33. The van der Waals surface area contributed by atoms with E-state index in [1.54, 1.807) is 6.07 Å². The number of rotatable bonds is 6. The highest BCUT2D eigenvalue weighted by Gasteiger charge is 2.34. The van der Waals surface area contributed by atoms with Gasteiger partial charge in [-0.3, -0.25) is 0 Å². The minimum absolute atomic E-state index is 0.145. The first-order valence-corrected chi connectivity index (χ1v) is 6.99. The van der Waals surface area contributed by atoms with E-state index in [-0.39, 0.29) is 5.75 Å². The van der Waals surface area contributed by atoms with Crippen molar-refractivity contribution in [2.24, 2.45) is 0 Å². The van der Waals surface area contributed by atoms with Crippen LogP contribution in [0.5, 0.6) is 5.75 Å². The molecule has 0 fully saturated rings. The lowest BCUT2D eigenvalue weighted by molar-refractivity contribution is -0.138. The number of hydrogen-bond donors (Lipinski definition) is 1. The number of alkyl halides is 3. The van der Waals surface area contributed by atoms with Crippen LogP contribution in [-0.2, 0) is 19.1 Å². The molecule has 0 bridgehead atoms. The molecule has 0 aliphatic heterocycles. The average Bonchev–Trinajstić information content (AvgIpc) is 2.51. The molecule has 1 N–H and O–H groups in total. The Hall–Kier alpha value is -2.01. The highest BCUT2D eigenvalue weighted by molar-refractivity contribution is 5.39. The summed E-state index contributed by atoms with van der Waals surface area (Å²) < 4.78 is 43.6. The van der Waals surface area contributed by atoms with E-state index in [1.807, 2.05) is 30.3 Å². The van der Waals surface area contributed by atoms with Crippen LogP contribution in [0.15, 0.2) is 48.5 Å². The molecule has 0 amide bonds. The molecule has 0 aliphatic rings. The number of methoxy groups -OCH3 is 1. The van der Waals surface area contributed by atoms with E-state index in [4.69, 9.17) is 4.74 Å². The molecule has 0 saturated carbocycles. The zero-order valence-electron chi connectivity index (χ0n) is 12.3. The molecule has 0 atom stereocenters. The molecule has 2 aromatic carbocycles. The monoisotopic (exact) mass is 309 g/mol. The van der Waals surface area contributed by atoms with Crippen LogP contribution in [0.4, 0.5) is 13.2 Å². The van der Waals surface area contributed by atoms with Crippen LogP contribution in [0.1, 0.15) is 16.7 Å². The predicted molar refractivity (Wildman–Crippen MR) is 79.8 cm³/mol. The largest absolute Gasteiger partial charge is 0.496 e. The van der Waals surface area contributed by atoms with Crippen molar-refractivity contribution in [3.8, 4) is 5.75 Å². The Morgan fingerprint density at radius 2 is 1.73 bits per heavy atom. The van der Waals surface area contributed by atoms with Crippen LogP contribution in [0.25, 0.3) is 0 Å². The van der Waals surface area contributed by atoms with Gasteiger partial charge >= 0.3 is 6.18 Å². The summed E-state index contributed by atoms with van der Waals surface area (Å²) in [5, 5.41) is 3.22. The fraction of sp³-hybridized carbons (Fsp3) is 0.294. The number of halogens is 3. The Kier molecular flexibility index (Phi) is 5.44. The van der Waals surface area contributed by atoms with Gasteiger partial charge in [0.05, 0.1) is 12.7 Å². The molecule has 2 rings (SSSR count). The fourth-order valence-electron chi connectivity index (χ4n) is 2.19. The molecule has 0 spiro atoms. The maximum absolute atomic E-state index is 12.9. The van der Waals surface area contributed by atoms with Crippen molar-refractivity contribution in [1.29, 1.82) is 0 Å². The van der Waals surface area contributed by atoms with Crippen LogP contribution < -0.4 is 10.1 Å². The van der Waals surface area contributed by atoms with Gasteiger partial charge in [-0.05, 0) is 36.2 Å². The van der Waals surface area contributed by atoms with Gasteiger partial charge < -0.3 is 10.1 Å². The lowest BCUT2D eigenvalue weighted by Gasteiger charge is -2.13. The summed E-state index contributed by atoms with van der Waals surface area (Å²) in [5.74, 6) is -0.145. The fourth-order valence-corrected chi connectivity index (χ4v) is 2.19. The van der Waals surface area contributed by atoms with Gasteiger partial charge in [-0.15, -0.1) is 0 Å². The van der Waals surface area contributed by atoms with Crippen molar-refractivity contribution in [3.63, 3.8) is 0 Å². The average molecular weight is 309 g/mol. The second-order valence-electron chi connectivity index (χ2n) is 4.94. The number of nitrogens with one attached hydrogen (secondary N) is 1. The zero-order valence-corrected chi connectivity index (χ0v) is 12.3. The molecule has 5 heteroatoms. The lowest BCUT2D eigenvalue weighted by Crippen LogP contribution is -2.17. The van der Waals surface area contributed by atoms with E-state index in [0.29, 0.717) is 25.1 Å². The molecule has 0 aromatic heterocycles. The smallest absolute Gasteiger partial charge is 0.419 e. The van der Waals surface area contributed by atoms with Gasteiger partial charge in [-0.25, -0.2) is 0 Å².